The van der Waals surface area contributed by atoms with Gasteiger partial charge in [0, 0.05) is 24.1 Å². The summed E-state index contributed by atoms with van der Waals surface area (Å²) in [6.07, 6.45) is 0.769. The van der Waals surface area contributed by atoms with Crippen molar-refractivity contribution in [2.75, 3.05) is 6.61 Å². The van der Waals surface area contributed by atoms with Gasteiger partial charge in [0.05, 0.1) is 28.9 Å². The Morgan fingerprint density at radius 1 is 1.37 bits per heavy atom. The minimum absolute atomic E-state index is 0.00760. The lowest BCUT2D eigenvalue weighted by Crippen LogP contribution is -2.36. The number of fused-ring (bicyclic) bond motifs is 2. The minimum atomic E-state index is -0.272. The Bertz CT molecular complexity index is 1000. The number of thioether (sulfide) groups is 1. The highest BCUT2D eigenvalue weighted by atomic mass is 35.5. The summed E-state index contributed by atoms with van der Waals surface area (Å²) in [5.74, 6) is 0.841. The van der Waals surface area contributed by atoms with E-state index < -0.39 is 0 Å². The number of amides is 1. The molecular weight excluding hydrogens is 382 g/mol. The van der Waals surface area contributed by atoms with E-state index in [1.54, 1.807) is 0 Å². The number of aryl methyl sites for hydroxylation is 1. The molecule has 7 heteroatoms. The summed E-state index contributed by atoms with van der Waals surface area (Å²) < 4.78 is 7.66. The first-order valence-electron chi connectivity index (χ1n) is 8.83. The van der Waals surface area contributed by atoms with E-state index in [4.69, 9.17) is 16.3 Å². The van der Waals surface area contributed by atoms with Crippen LogP contribution in [-0.4, -0.2) is 27.3 Å². The molecule has 1 amide bonds. The van der Waals surface area contributed by atoms with E-state index in [1.807, 2.05) is 61.0 Å². The molecule has 27 heavy (non-hydrogen) atoms. The number of imidazole rings is 1. The second-order valence-electron chi connectivity index (χ2n) is 6.58. The molecule has 0 bridgehead atoms. The molecule has 5 nitrogen and oxygen atoms in total. The van der Waals surface area contributed by atoms with Gasteiger partial charge in [0.15, 0.2) is 5.16 Å². The Hall–Kier alpha value is -2.18. The number of rotatable bonds is 4. The van der Waals surface area contributed by atoms with Crippen LogP contribution in [0.3, 0.4) is 0 Å². The zero-order valence-electron chi connectivity index (χ0n) is 15.1. The summed E-state index contributed by atoms with van der Waals surface area (Å²) in [5.41, 5.74) is 2.86. The molecule has 1 aromatic heterocycles. The van der Waals surface area contributed by atoms with Gasteiger partial charge in [-0.1, -0.05) is 41.6 Å². The van der Waals surface area contributed by atoms with Gasteiger partial charge in [0.1, 0.15) is 5.75 Å². The van der Waals surface area contributed by atoms with Crippen molar-refractivity contribution in [1.29, 1.82) is 0 Å². The van der Waals surface area contributed by atoms with Crippen LogP contribution in [0, 0.1) is 0 Å². The maximum atomic E-state index is 12.8. The van der Waals surface area contributed by atoms with Crippen molar-refractivity contribution in [2.45, 2.75) is 29.8 Å². The van der Waals surface area contributed by atoms with E-state index >= 15 is 0 Å². The first-order valence-corrected chi connectivity index (χ1v) is 10.1. The van der Waals surface area contributed by atoms with Crippen LogP contribution in [0.15, 0.2) is 47.6 Å². The number of para-hydroxylation sites is 1. The van der Waals surface area contributed by atoms with Crippen molar-refractivity contribution in [3.05, 3.63) is 53.1 Å². The average molecular weight is 402 g/mol. The Labute approximate surface area is 167 Å². The van der Waals surface area contributed by atoms with Gasteiger partial charge in [-0.05, 0) is 31.2 Å². The molecule has 4 rings (SSSR count). The fraction of sp³-hybridized carbons (Fsp3) is 0.300. The van der Waals surface area contributed by atoms with Crippen LogP contribution >= 0.6 is 23.4 Å². The monoisotopic (exact) mass is 401 g/mol. The van der Waals surface area contributed by atoms with Crippen molar-refractivity contribution in [2.24, 2.45) is 7.05 Å². The normalized spacial score (nSPS) is 17.2. The summed E-state index contributed by atoms with van der Waals surface area (Å²) >= 11 is 7.50. The molecule has 3 aromatic rings. The molecule has 0 saturated carbocycles. The molecule has 0 aliphatic carbocycles. The number of ether oxygens (including phenoxy) is 1. The molecule has 1 aliphatic rings. The molecule has 1 aliphatic heterocycles. The maximum Gasteiger partial charge on any atom is 0.233 e. The summed E-state index contributed by atoms with van der Waals surface area (Å²) in [5, 5.41) is 4.33. The van der Waals surface area contributed by atoms with Crippen LogP contribution in [-0.2, 0) is 11.8 Å². The van der Waals surface area contributed by atoms with Gasteiger partial charge in [-0.2, -0.15) is 0 Å². The molecule has 2 aromatic carbocycles. The largest absolute Gasteiger partial charge is 0.493 e. The van der Waals surface area contributed by atoms with Crippen LogP contribution in [0.5, 0.6) is 5.75 Å². The topological polar surface area (TPSA) is 56.2 Å². The van der Waals surface area contributed by atoms with E-state index in [9.17, 15) is 4.79 Å². The first kappa shape index (κ1) is 18.2. The third-order valence-electron chi connectivity index (χ3n) is 4.73. The van der Waals surface area contributed by atoms with Crippen molar-refractivity contribution >= 4 is 40.3 Å². The van der Waals surface area contributed by atoms with Crippen molar-refractivity contribution in [3.63, 3.8) is 0 Å². The molecule has 2 heterocycles. The van der Waals surface area contributed by atoms with Crippen LogP contribution in [0.25, 0.3) is 11.0 Å². The Kier molecular flexibility index (Phi) is 5.02. The predicted molar refractivity (Wildman–Crippen MR) is 108 cm³/mol. The van der Waals surface area contributed by atoms with E-state index in [-0.39, 0.29) is 17.2 Å². The van der Waals surface area contributed by atoms with E-state index in [1.165, 1.54) is 11.8 Å². The number of carbonyl (C=O) groups is 1. The molecule has 0 spiro atoms. The second-order valence-corrected chi connectivity index (χ2v) is 8.33. The van der Waals surface area contributed by atoms with Gasteiger partial charge in [0.2, 0.25) is 5.91 Å². The van der Waals surface area contributed by atoms with Gasteiger partial charge < -0.3 is 14.6 Å². The lowest BCUT2D eigenvalue weighted by molar-refractivity contribution is -0.121. The number of nitrogens with zero attached hydrogens (tertiary/aromatic N) is 2. The third kappa shape index (κ3) is 3.64. The molecule has 2 atom stereocenters. The van der Waals surface area contributed by atoms with Gasteiger partial charge in [-0.15, -0.1) is 0 Å². The number of carbonyl (C=O) groups excluding carboxylic acids is 1. The van der Waals surface area contributed by atoms with Crippen LogP contribution in [0.4, 0.5) is 0 Å². The standard InChI is InChI=1S/C20H20ClN3O2S/c1-12(27-20-23-16-11-13(21)7-8-17(16)24(20)2)19(25)22-15-9-10-26-18-6-4-3-5-14(15)18/h3-8,11-12,15H,9-10H2,1-2H3,(H,22,25)/t12-,15+/m0/s1. The number of hydrogen-bond acceptors (Lipinski definition) is 4. The van der Waals surface area contributed by atoms with Crippen LogP contribution in [0.1, 0.15) is 24.9 Å². The highest BCUT2D eigenvalue weighted by molar-refractivity contribution is 8.00. The fourth-order valence-electron chi connectivity index (χ4n) is 3.25. The molecule has 0 unspecified atom stereocenters. The van der Waals surface area contributed by atoms with E-state index in [2.05, 4.69) is 10.3 Å². The first-order chi connectivity index (χ1) is 13.0. The molecule has 0 saturated heterocycles. The Balaban J connectivity index is 1.48. The van der Waals surface area contributed by atoms with Gasteiger partial charge in [-0.3, -0.25) is 4.79 Å². The van der Waals surface area contributed by atoms with Crippen molar-refractivity contribution in [3.8, 4) is 5.75 Å². The second kappa shape index (κ2) is 7.44. The van der Waals surface area contributed by atoms with Crippen molar-refractivity contribution in [1.82, 2.24) is 14.9 Å². The third-order valence-corrected chi connectivity index (χ3v) is 6.11. The van der Waals surface area contributed by atoms with Crippen LogP contribution < -0.4 is 10.1 Å². The van der Waals surface area contributed by atoms with E-state index in [0.29, 0.717) is 11.6 Å². The Morgan fingerprint density at radius 2 is 2.19 bits per heavy atom. The number of hydrogen-bond donors (Lipinski definition) is 1. The molecule has 0 radical (unpaired) electrons. The molecule has 0 fully saturated rings. The lowest BCUT2D eigenvalue weighted by Gasteiger charge is -2.27. The predicted octanol–water partition coefficient (Wildman–Crippen LogP) is 4.35. The van der Waals surface area contributed by atoms with Crippen LogP contribution in [0.2, 0.25) is 5.02 Å². The molecule has 1 N–H and O–H groups in total. The van der Waals surface area contributed by atoms with Gasteiger partial charge in [0.25, 0.3) is 0 Å². The summed E-state index contributed by atoms with van der Waals surface area (Å²) in [6.45, 7) is 2.51. The minimum Gasteiger partial charge on any atom is -0.493 e. The summed E-state index contributed by atoms with van der Waals surface area (Å²) in [7, 11) is 1.95. The van der Waals surface area contributed by atoms with Gasteiger partial charge >= 0.3 is 0 Å². The number of halogens is 1. The van der Waals surface area contributed by atoms with E-state index in [0.717, 1.165) is 33.9 Å². The number of nitrogens with one attached hydrogen (secondary N) is 1. The quantitative estimate of drug-likeness (QED) is 0.660. The highest BCUT2D eigenvalue weighted by Crippen LogP contribution is 2.33. The summed E-state index contributed by atoms with van der Waals surface area (Å²) in [6, 6.07) is 13.5. The zero-order valence-corrected chi connectivity index (χ0v) is 16.7. The van der Waals surface area contributed by atoms with Gasteiger partial charge in [-0.25, -0.2) is 4.98 Å². The molecule has 140 valence electrons. The number of benzene rings is 2. The smallest absolute Gasteiger partial charge is 0.233 e. The SMILES string of the molecule is C[C@H](Sc1nc2cc(Cl)ccc2n1C)C(=O)N[C@@H]1CCOc2ccccc21. The lowest BCUT2D eigenvalue weighted by atomic mass is 10.0. The highest BCUT2D eigenvalue weighted by Gasteiger charge is 2.26. The number of aromatic nitrogens is 2. The Morgan fingerprint density at radius 3 is 3.04 bits per heavy atom. The fourth-order valence-corrected chi connectivity index (χ4v) is 4.31. The average Bonchev–Trinajstić information content (AvgIpc) is 2.96. The maximum absolute atomic E-state index is 12.8. The summed E-state index contributed by atoms with van der Waals surface area (Å²) in [4.78, 5) is 17.4. The zero-order chi connectivity index (χ0) is 19.0. The molecular formula is C20H20ClN3O2S. The van der Waals surface area contributed by atoms with Crippen molar-refractivity contribution < 1.29 is 9.53 Å².